The molecule has 0 saturated heterocycles. The van der Waals surface area contributed by atoms with Gasteiger partial charge in [-0.25, -0.2) is 19.3 Å². The Morgan fingerprint density at radius 2 is 1.90 bits per heavy atom. The first-order valence-electron chi connectivity index (χ1n) is 8.35. The van der Waals surface area contributed by atoms with Crippen LogP contribution >= 0.6 is 0 Å². The van der Waals surface area contributed by atoms with Gasteiger partial charge < -0.3 is 9.84 Å². The zero-order chi connectivity index (χ0) is 20.9. The molecular formula is C19H13F3N4O3. The van der Waals surface area contributed by atoms with Crippen LogP contribution in [0.3, 0.4) is 0 Å². The van der Waals surface area contributed by atoms with E-state index in [4.69, 9.17) is 4.74 Å². The number of alkyl halides is 3. The average Bonchev–Trinajstić information content (AvgIpc) is 3.05. The quantitative estimate of drug-likeness (QED) is 0.514. The van der Waals surface area contributed by atoms with Crippen molar-refractivity contribution in [2.24, 2.45) is 0 Å². The summed E-state index contributed by atoms with van der Waals surface area (Å²) in [6.07, 6.45) is -4.64. The van der Waals surface area contributed by atoms with Crippen LogP contribution in [0, 0.1) is 6.92 Å². The summed E-state index contributed by atoms with van der Waals surface area (Å²) in [7, 11) is 1.17. The molecule has 0 aliphatic carbocycles. The Hall–Kier alpha value is -3.69. The fourth-order valence-corrected chi connectivity index (χ4v) is 3.08. The van der Waals surface area contributed by atoms with Crippen LogP contribution in [0.25, 0.3) is 27.9 Å². The Bertz CT molecular complexity index is 1280. The summed E-state index contributed by atoms with van der Waals surface area (Å²) < 4.78 is 45.3. The molecule has 4 aromatic rings. The van der Waals surface area contributed by atoms with Crippen LogP contribution in [0.2, 0.25) is 0 Å². The van der Waals surface area contributed by atoms with Crippen molar-refractivity contribution < 1.29 is 27.8 Å². The fourth-order valence-electron chi connectivity index (χ4n) is 3.08. The highest BCUT2D eigenvalue weighted by molar-refractivity contribution is 5.97. The van der Waals surface area contributed by atoms with E-state index < -0.39 is 17.8 Å². The summed E-state index contributed by atoms with van der Waals surface area (Å²) in [5.74, 6) is -0.839. The van der Waals surface area contributed by atoms with Crippen molar-refractivity contribution in [2.75, 3.05) is 7.11 Å². The second kappa shape index (κ2) is 6.43. The number of para-hydroxylation sites is 1. The van der Waals surface area contributed by atoms with Crippen LogP contribution < -0.4 is 0 Å². The summed E-state index contributed by atoms with van der Waals surface area (Å²) in [5.41, 5.74) is -0.420. The molecule has 3 aromatic heterocycles. The number of carbonyl (C=O) groups excluding carboxylic acids is 1. The number of aromatic hydroxyl groups is 1. The largest absolute Gasteiger partial charge is 0.507 e. The zero-order valence-electron chi connectivity index (χ0n) is 15.2. The number of carbonyl (C=O) groups is 1. The highest BCUT2D eigenvalue weighted by Gasteiger charge is 2.34. The molecule has 0 spiro atoms. The summed E-state index contributed by atoms with van der Waals surface area (Å²) in [4.78, 5) is 20.3. The molecule has 3 heterocycles. The molecule has 1 N–H and O–H groups in total. The molecule has 0 radical (unpaired) electrons. The highest BCUT2D eigenvalue weighted by Crippen LogP contribution is 2.34. The number of ether oxygens (including phenoxy) is 1. The molecule has 29 heavy (non-hydrogen) atoms. The molecule has 0 aliphatic heterocycles. The van der Waals surface area contributed by atoms with Crippen LogP contribution in [0.4, 0.5) is 13.2 Å². The number of benzene rings is 1. The second-order valence-corrected chi connectivity index (χ2v) is 6.29. The molecule has 0 bridgehead atoms. The number of aryl methyl sites for hydroxylation is 1. The number of fused-ring (bicyclic) bond motifs is 3. The van der Waals surface area contributed by atoms with Crippen molar-refractivity contribution in [3.63, 3.8) is 0 Å². The van der Waals surface area contributed by atoms with Crippen molar-refractivity contribution in [1.82, 2.24) is 19.6 Å². The Balaban J connectivity index is 2.11. The lowest BCUT2D eigenvalue weighted by Gasteiger charge is -2.08. The van der Waals surface area contributed by atoms with Gasteiger partial charge in [-0.3, -0.25) is 0 Å². The molecular weight excluding hydrogens is 389 g/mol. The lowest BCUT2D eigenvalue weighted by atomic mass is 10.1. The van der Waals surface area contributed by atoms with Crippen LogP contribution in [0.15, 0.2) is 36.4 Å². The van der Waals surface area contributed by atoms with E-state index in [-0.39, 0.29) is 39.4 Å². The van der Waals surface area contributed by atoms with Gasteiger partial charge in [0.1, 0.15) is 11.4 Å². The number of halogens is 3. The SMILES string of the molecule is COC(=O)c1cc(-c2ccccc2O)nc2c3c(C)cc(C(F)(F)F)nc3nn12. The van der Waals surface area contributed by atoms with E-state index in [1.165, 1.54) is 26.2 Å². The molecule has 0 amide bonds. The number of phenols is 1. The van der Waals surface area contributed by atoms with Gasteiger partial charge in [-0.2, -0.15) is 13.2 Å². The van der Waals surface area contributed by atoms with Gasteiger partial charge in [0, 0.05) is 5.56 Å². The van der Waals surface area contributed by atoms with Gasteiger partial charge in [0.15, 0.2) is 17.0 Å². The van der Waals surface area contributed by atoms with Gasteiger partial charge in [-0.15, -0.1) is 5.10 Å². The lowest BCUT2D eigenvalue weighted by molar-refractivity contribution is -0.141. The monoisotopic (exact) mass is 402 g/mol. The van der Waals surface area contributed by atoms with Crippen LogP contribution in [0.5, 0.6) is 5.75 Å². The van der Waals surface area contributed by atoms with Crippen molar-refractivity contribution in [3.05, 3.63) is 53.3 Å². The number of methoxy groups -OCH3 is 1. The highest BCUT2D eigenvalue weighted by atomic mass is 19.4. The molecule has 4 rings (SSSR count). The van der Waals surface area contributed by atoms with Gasteiger partial charge in [-0.1, -0.05) is 12.1 Å². The number of phenolic OH excluding ortho intramolecular Hbond substituents is 1. The van der Waals surface area contributed by atoms with E-state index in [0.717, 1.165) is 10.6 Å². The third-order valence-electron chi connectivity index (χ3n) is 4.41. The van der Waals surface area contributed by atoms with E-state index in [9.17, 15) is 23.1 Å². The van der Waals surface area contributed by atoms with Crippen molar-refractivity contribution in [2.45, 2.75) is 13.1 Å². The third-order valence-corrected chi connectivity index (χ3v) is 4.41. The molecule has 0 unspecified atom stereocenters. The first kappa shape index (κ1) is 18.7. The van der Waals surface area contributed by atoms with E-state index >= 15 is 0 Å². The van der Waals surface area contributed by atoms with Crippen LogP contribution in [-0.4, -0.2) is 37.8 Å². The summed E-state index contributed by atoms with van der Waals surface area (Å²) >= 11 is 0. The molecule has 0 saturated carbocycles. The van der Waals surface area contributed by atoms with Gasteiger partial charge in [-0.05, 0) is 36.8 Å². The zero-order valence-corrected chi connectivity index (χ0v) is 15.2. The van der Waals surface area contributed by atoms with Crippen LogP contribution in [-0.2, 0) is 10.9 Å². The minimum atomic E-state index is -4.64. The first-order chi connectivity index (χ1) is 13.7. The maximum absolute atomic E-state index is 13.1. The maximum Gasteiger partial charge on any atom is 0.433 e. The van der Waals surface area contributed by atoms with Crippen LogP contribution in [0.1, 0.15) is 21.7 Å². The number of hydrogen-bond acceptors (Lipinski definition) is 6. The minimum absolute atomic E-state index is 0.0679. The van der Waals surface area contributed by atoms with Gasteiger partial charge in [0.05, 0.1) is 18.2 Å². The van der Waals surface area contributed by atoms with E-state index in [0.29, 0.717) is 5.56 Å². The molecule has 0 atom stereocenters. The summed E-state index contributed by atoms with van der Waals surface area (Å²) in [6, 6.07) is 8.60. The average molecular weight is 402 g/mol. The normalized spacial score (nSPS) is 11.9. The van der Waals surface area contributed by atoms with Crippen molar-refractivity contribution in [3.8, 4) is 17.0 Å². The second-order valence-electron chi connectivity index (χ2n) is 6.29. The fraction of sp³-hybridized carbons (Fsp3) is 0.158. The lowest BCUT2D eigenvalue weighted by Crippen LogP contribution is -2.10. The Kier molecular flexibility index (Phi) is 4.14. The molecule has 1 aromatic carbocycles. The third kappa shape index (κ3) is 3.02. The number of nitrogens with zero attached hydrogens (tertiary/aromatic N) is 4. The molecule has 0 fully saturated rings. The molecule has 148 valence electrons. The predicted octanol–water partition coefficient (Wildman–Crippen LogP) is 3.76. The molecule has 0 aliphatic rings. The first-order valence-corrected chi connectivity index (χ1v) is 8.35. The maximum atomic E-state index is 13.1. The number of esters is 1. The number of pyridine rings is 1. The summed E-state index contributed by atoms with van der Waals surface area (Å²) in [5, 5.41) is 14.5. The smallest absolute Gasteiger partial charge is 0.433 e. The summed E-state index contributed by atoms with van der Waals surface area (Å²) in [6.45, 7) is 1.48. The predicted molar refractivity (Wildman–Crippen MR) is 96.5 cm³/mol. The van der Waals surface area contributed by atoms with E-state index in [1.54, 1.807) is 18.2 Å². The number of aromatic nitrogens is 4. The number of hydrogen-bond donors (Lipinski definition) is 1. The molecule has 7 nitrogen and oxygen atoms in total. The topological polar surface area (TPSA) is 89.6 Å². The minimum Gasteiger partial charge on any atom is -0.507 e. The Morgan fingerprint density at radius 3 is 2.55 bits per heavy atom. The van der Waals surface area contributed by atoms with Gasteiger partial charge >= 0.3 is 12.1 Å². The van der Waals surface area contributed by atoms with Gasteiger partial charge in [0.25, 0.3) is 0 Å². The molecule has 10 heteroatoms. The van der Waals surface area contributed by atoms with Gasteiger partial charge in [0.2, 0.25) is 0 Å². The van der Waals surface area contributed by atoms with E-state index in [2.05, 4.69) is 15.1 Å². The van der Waals surface area contributed by atoms with Crippen molar-refractivity contribution in [1.29, 1.82) is 0 Å². The van der Waals surface area contributed by atoms with Crippen molar-refractivity contribution >= 4 is 22.6 Å². The van der Waals surface area contributed by atoms with E-state index in [1.807, 2.05) is 0 Å². The standard InChI is InChI=1S/C19H13F3N4O3/c1-9-7-14(19(20,21)22)24-16-15(9)17-23-11(10-5-3-4-6-13(10)27)8-12(18(28)29-2)26(17)25-16/h3-8,27H,1-2H3. The Morgan fingerprint density at radius 1 is 1.17 bits per heavy atom. The number of rotatable bonds is 2. The Labute approximate surface area is 161 Å².